The Morgan fingerprint density at radius 1 is 0.292 bits per heavy atom. The van der Waals surface area contributed by atoms with E-state index in [1.807, 2.05) is 24.3 Å². The highest BCUT2D eigenvalue weighted by Gasteiger charge is 2.44. The van der Waals surface area contributed by atoms with Crippen molar-refractivity contribution < 1.29 is 0 Å². The van der Waals surface area contributed by atoms with Gasteiger partial charge in [0, 0.05) is 78.2 Å². The number of anilines is 6. The summed E-state index contributed by atoms with van der Waals surface area (Å²) in [6.07, 6.45) is 0. The number of para-hydroxylation sites is 4. The lowest BCUT2D eigenvalue weighted by Gasteiger charge is -2.45. The first-order chi connectivity index (χ1) is 46.9. The number of benzene rings is 12. The molecule has 8 heteroatoms. The van der Waals surface area contributed by atoms with Crippen LogP contribution >= 0.6 is 0 Å². The van der Waals surface area contributed by atoms with E-state index in [4.69, 9.17) is 19.9 Å². The summed E-state index contributed by atoms with van der Waals surface area (Å²) < 4.78 is 2.44. The summed E-state index contributed by atoms with van der Waals surface area (Å²) in [7, 11) is 0. The van der Waals surface area contributed by atoms with Gasteiger partial charge in [-0.3, -0.25) is 0 Å². The Hall–Kier alpha value is -11.7. The molecule has 96 heavy (non-hydrogen) atoms. The smallest absolute Gasteiger partial charge is 0.252 e. The fraction of sp³-hybridized carbons (Fsp3) is 0.0909. The van der Waals surface area contributed by atoms with Gasteiger partial charge in [0.05, 0.1) is 45.2 Å². The van der Waals surface area contributed by atoms with Crippen molar-refractivity contribution in [3.63, 3.8) is 0 Å². The molecule has 0 fully saturated rings. The molecule has 0 amide bonds. The first-order valence-corrected chi connectivity index (χ1v) is 33.2. The molecule has 2 aliphatic heterocycles. The van der Waals surface area contributed by atoms with Crippen LogP contribution < -0.4 is 26.2 Å². The van der Waals surface area contributed by atoms with E-state index in [1.165, 1.54) is 44.0 Å². The fourth-order valence-corrected chi connectivity index (χ4v) is 14.5. The van der Waals surface area contributed by atoms with Crippen molar-refractivity contribution in [2.75, 3.05) is 9.80 Å². The van der Waals surface area contributed by atoms with Crippen LogP contribution in [0, 0.1) is 0 Å². The molecule has 3 aromatic heterocycles. The van der Waals surface area contributed by atoms with Gasteiger partial charge in [-0.25, -0.2) is 19.9 Å². The summed E-state index contributed by atoms with van der Waals surface area (Å²) in [5.74, 6) is 1.23. The van der Waals surface area contributed by atoms with Crippen molar-refractivity contribution >= 4 is 79.0 Å². The zero-order valence-corrected chi connectivity index (χ0v) is 54.6. The Bertz CT molecular complexity index is 5360. The van der Waals surface area contributed by atoms with Gasteiger partial charge in [-0.05, 0) is 141 Å². The van der Waals surface area contributed by atoms with Crippen molar-refractivity contribution in [2.24, 2.45) is 0 Å². The van der Waals surface area contributed by atoms with Crippen LogP contribution in [0.1, 0.15) is 52.7 Å². The minimum Gasteiger partial charge on any atom is -0.311 e. The third-order valence-electron chi connectivity index (χ3n) is 19.3. The topological polar surface area (TPSA) is 63.0 Å². The van der Waals surface area contributed by atoms with Crippen LogP contribution in [0.4, 0.5) is 34.1 Å². The van der Waals surface area contributed by atoms with Crippen LogP contribution in [0.25, 0.3) is 106 Å². The van der Waals surface area contributed by atoms with E-state index in [1.54, 1.807) is 0 Å². The van der Waals surface area contributed by atoms with E-state index in [-0.39, 0.29) is 17.5 Å². The van der Waals surface area contributed by atoms with Gasteiger partial charge in [-0.1, -0.05) is 248 Å². The maximum Gasteiger partial charge on any atom is 0.252 e. The molecular weight excluding hydrogens is 1170 g/mol. The summed E-state index contributed by atoms with van der Waals surface area (Å²) in [5.41, 5.74) is 27.3. The Balaban J connectivity index is 0.914. The third kappa shape index (κ3) is 10.1. The molecule has 0 aliphatic carbocycles. The molecule has 0 radical (unpaired) electrons. The summed E-state index contributed by atoms with van der Waals surface area (Å²) in [5, 5.41) is 2.40. The van der Waals surface area contributed by atoms with Crippen LogP contribution in [0.2, 0.25) is 0 Å². The second kappa shape index (κ2) is 23.1. The molecule has 0 N–H and O–H groups in total. The van der Waals surface area contributed by atoms with E-state index >= 15 is 0 Å². The van der Waals surface area contributed by atoms with Crippen molar-refractivity contribution in [1.29, 1.82) is 0 Å². The predicted octanol–water partition coefficient (Wildman–Crippen LogP) is 20.7. The molecule has 0 atom stereocenters. The number of aromatic nitrogens is 5. The Kier molecular flexibility index (Phi) is 14.0. The zero-order chi connectivity index (χ0) is 64.8. The predicted molar refractivity (Wildman–Crippen MR) is 401 cm³/mol. The number of nitrogens with zero attached hydrogens (tertiary/aromatic N) is 7. The van der Waals surface area contributed by atoms with Crippen molar-refractivity contribution in [3.8, 4) is 84.6 Å². The van der Waals surface area contributed by atoms with Gasteiger partial charge in [0.1, 0.15) is 0 Å². The first-order valence-electron chi connectivity index (χ1n) is 33.2. The third-order valence-corrected chi connectivity index (χ3v) is 19.3. The van der Waals surface area contributed by atoms with Crippen LogP contribution in [0.5, 0.6) is 0 Å². The largest absolute Gasteiger partial charge is 0.311 e. The summed E-state index contributed by atoms with van der Waals surface area (Å²) in [4.78, 5) is 27.1. The molecule has 2 aliphatic rings. The Morgan fingerprint density at radius 3 is 1.26 bits per heavy atom. The van der Waals surface area contributed by atoms with Gasteiger partial charge in [-0.15, -0.1) is 0 Å². The average Bonchev–Trinajstić information content (AvgIpc) is 0.932. The average molecular weight is 1230 g/mol. The van der Waals surface area contributed by atoms with Gasteiger partial charge in [0.25, 0.3) is 6.71 Å². The summed E-state index contributed by atoms with van der Waals surface area (Å²) in [6.45, 7) is 13.7. The highest BCUT2D eigenvalue weighted by atomic mass is 15.2. The molecule has 12 aromatic carbocycles. The molecular formula is C88H68BN7. The molecule has 0 unspecified atom stereocenters. The van der Waals surface area contributed by atoms with E-state index in [2.05, 4.69) is 335 Å². The van der Waals surface area contributed by atoms with E-state index in [0.29, 0.717) is 11.6 Å². The lowest BCUT2D eigenvalue weighted by molar-refractivity contribution is 0.590. The summed E-state index contributed by atoms with van der Waals surface area (Å²) in [6, 6.07) is 110. The second-order valence-corrected chi connectivity index (χ2v) is 27.4. The van der Waals surface area contributed by atoms with Crippen molar-refractivity contribution in [2.45, 2.75) is 52.4 Å². The number of fused-ring (bicyclic) bond motifs is 7. The van der Waals surface area contributed by atoms with Crippen LogP contribution in [0.15, 0.2) is 303 Å². The molecule has 0 saturated carbocycles. The Labute approximate surface area is 561 Å². The van der Waals surface area contributed by atoms with Crippen LogP contribution in [-0.2, 0) is 10.8 Å². The molecule has 5 heterocycles. The van der Waals surface area contributed by atoms with E-state index in [0.717, 1.165) is 112 Å². The van der Waals surface area contributed by atoms with Crippen molar-refractivity contribution in [3.05, 3.63) is 314 Å². The monoisotopic (exact) mass is 1230 g/mol. The quantitative estimate of drug-likeness (QED) is 0.127. The SMILES string of the molecule is CC(C)(C)c1ccc2c(c1)c1cc(C(C)(C)C)ccc1n2-c1ccc(-c2cc(-c3ccccc3)nc(-c3ccccc3)n2)cc1-c1nc(-c2ccccc2)cc(-c2cccc(-c3ccc4c5c3N(c3ccccc3)c3ccccc3B5c3ccccc3N4c3ccccc3)c2)n1. The standard InChI is InChI=1S/C88H68BN7/c1-87(2,3)63-44-48-77-68(53-63)69-54-64(88(4,5)6)45-49-78(69)96(77)79-47-43-62(76-55-73(57-27-12-7-13-28-57)90-85(91-76)59-31-16-9-17-32-59)52-70(79)86-92-74(58-29-14-8-15-30-58)56-75(93-86)61-34-26-33-60(51-61)67-46-50-82-83-84(67)95(66-37-20-11-21-38-66)81-42-25-23-40-72(81)89(83)71-39-22-24-41-80(71)94(82)65-35-18-10-19-36-65/h7-56H,1-6H3. The number of hydrogen-bond acceptors (Lipinski definition) is 6. The molecule has 458 valence electrons. The first kappa shape index (κ1) is 58.1. The zero-order valence-electron chi connectivity index (χ0n) is 54.6. The fourth-order valence-electron chi connectivity index (χ4n) is 14.5. The normalized spacial score (nSPS) is 12.6. The number of hydrogen-bond donors (Lipinski definition) is 0. The maximum absolute atomic E-state index is 5.85. The molecule has 15 aromatic rings. The lowest BCUT2D eigenvalue weighted by atomic mass is 9.33. The van der Waals surface area contributed by atoms with Gasteiger partial charge in [0.2, 0.25) is 0 Å². The second-order valence-electron chi connectivity index (χ2n) is 27.4. The molecule has 7 nitrogen and oxygen atoms in total. The molecule has 0 saturated heterocycles. The van der Waals surface area contributed by atoms with Crippen molar-refractivity contribution in [1.82, 2.24) is 24.5 Å². The van der Waals surface area contributed by atoms with Crippen LogP contribution in [-0.4, -0.2) is 31.2 Å². The van der Waals surface area contributed by atoms with Crippen LogP contribution in [0.3, 0.4) is 0 Å². The lowest BCUT2D eigenvalue weighted by Crippen LogP contribution is -2.61. The Morgan fingerprint density at radius 2 is 0.719 bits per heavy atom. The molecule has 0 spiro atoms. The van der Waals surface area contributed by atoms with Gasteiger partial charge in [0.15, 0.2) is 11.6 Å². The highest BCUT2D eigenvalue weighted by molar-refractivity contribution is 7.00. The van der Waals surface area contributed by atoms with Gasteiger partial charge in [-0.2, -0.15) is 0 Å². The maximum atomic E-state index is 5.85. The minimum absolute atomic E-state index is 0.0407. The molecule has 17 rings (SSSR count). The van der Waals surface area contributed by atoms with E-state index in [9.17, 15) is 0 Å². The van der Waals surface area contributed by atoms with Gasteiger partial charge >= 0.3 is 0 Å². The minimum atomic E-state index is -0.0763. The van der Waals surface area contributed by atoms with Gasteiger partial charge < -0.3 is 14.4 Å². The molecule has 0 bridgehead atoms. The van der Waals surface area contributed by atoms with E-state index < -0.39 is 0 Å². The summed E-state index contributed by atoms with van der Waals surface area (Å²) >= 11 is 0. The highest BCUT2D eigenvalue weighted by Crippen LogP contribution is 2.49. The number of rotatable bonds is 10.